The van der Waals surface area contributed by atoms with E-state index in [9.17, 15) is 5.11 Å². The van der Waals surface area contributed by atoms with Gasteiger partial charge in [-0.3, -0.25) is 0 Å². The number of benzene rings is 2. The molecule has 0 aromatic heterocycles. The zero-order chi connectivity index (χ0) is 13.8. The minimum absolute atomic E-state index is 0.244. The average molecular weight is 269 g/mol. The molecular weight excluding hydrogens is 250 g/mol. The molecule has 0 heterocycles. The second kappa shape index (κ2) is 5.87. The number of phenolic OH excluding ortho intramolecular Hbond substituents is 1. The molecule has 1 aliphatic rings. The maximum atomic E-state index is 9.23. The molecule has 0 radical (unpaired) electrons. The van der Waals surface area contributed by atoms with E-state index >= 15 is 0 Å². The Kier molecular flexibility index (Phi) is 3.77. The Labute approximate surface area is 119 Å². The van der Waals surface area contributed by atoms with Crippen LogP contribution < -0.4 is 10.1 Å². The van der Waals surface area contributed by atoms with Crippen molar-refractivity contribution in [2.75, 3.05) is 5.32 Å². The van der Waals surface area contributed by atoms with Gasteiger partial charge in [-0.2, -0.15) is 0 Å². The first-order valence-electron chi connectivity index (χ1n) is 7.13. The van der Waals surface area contributed by atoms with Crippen LogP contribution in [-0.4, -0.2) is 11.1 Å². The molecule has 3 nitrogen and oxygen atoms in total. The minimum Gasteiger partial charge on any atom is -0.508 e. The Hall–Kier alpha value is -2.16. The number of nitrogens with one attached hydrogen (secondary N) is 1. The largest absolute Gasteiger partial charge is 0.508 e. The fourth-order valence-electron chi connectivity index (χ4n) is 2.58. The van der Waals surface area contributed by atoms with Gasteiger partial charge in [-0.05, 0) is 61.4 Å². The topological polar surface area (TPSA) is 41.5 Å². The van der Waals surface area contributed by atoms with Crippen LogP contribution >= 0.6 is 0 Å². The van der Waals surface area contributed by atoms with Gasteiger partial charge in [-0.25, -0.2) is 0 Å². The number of phenols is 1. The quantitative estimate of drug-likeness (QED) is 0.856. The second-order valence-electron chi connectivity index (χ2n) is 5.25. The van der Waals surface area contributed by atoms with E-state index in [0.717, 1.165) is 17.2 Å². The molecule has 0 bridgehead atoms. The Balaban J connectivity index is 1.62. The zero-order valence-corrected chi connectivity index (χ0v) is 11.4. The standard InChI is InChI=1S/C17H19NO2/c19-15-7-11-17(12-8-15)20-16-9-5-14(6-10-16)18-13-3-1-2-4-13/h5-13,18-19H,1-4H2. The second-order valence-corrected chi connectivity index (χ2v) is 5.25. The average Bonchev–Trinajstić information content (AvgIpc) is 2.96. The number of aromatic hydroxyl groups is 1. The summed E-state index contributed by atoms with van der Waals surface area (Å²) in [4.78, 5) is 0. The first-order chi connectivity index (χ1) is 9.79. The highest BCUT2D eigenvalue weighted by molar-refractivity contribution is 5.48. The molecule has 0 atom stereocenters. The lowest BCUT2D eigenvalue weighted by Crippen LogP contribution is -2.14. The summed E-state index contributed by atoms with van der Waals surface area (Å²) in [6, 6.07) is 15.4. The molecule has 0 spiro atoms. The lowest BCUT2D eigenvalue weighted by molar-refractivity contribution is 0.464. The third-order valence-corrected chi connectivity index (χ3v) is 3.65. The summed E-state index contributed by atoms with van der Waals surface area (Å²) in [7, 11) is 0. The van der Waals surface area contributed by atoms with Crippen LogP contribution in [0, 0.1) is 0 Å². The summed E-state index contributed by atoms with van der Waals surface area (Å²) in [5, 5.41) is 12.8. The molecule has 3 heteroatoms. The fraction of sp³-hybridized carbons (Fsp3) is 0.294. The van der Waals surface area contributed by atoms with Gasteiger partial charge in [0.1, 0.15) is 17.2 Å². The normalized spacial score (nSPS) is 15.2. The third-order valence-electron chi connectivity index (χ3n) is 3.65. The maximum Gasteiger partial charge on any atom is 0.127 e. The first-order valence-corrected chi connectivity index (χ1v) is 7.13. The van der Waals surface area contributed by atoms with Crippen LogP contribution in [0.3, 0.4) is 0 Å². The predicted molar refractivity (Wildman–Crippen MR) is 80.5 cm³/mol. The summed E-state index contributed by atoms with van der Waals surface area (Å²) < 4.78 is 5.72. The molecule has 104 valence electrons. The van der Waals surface area contributed by atoms with E-state index in [2.05, 4.69) is 5.32 Å². The van der Waals surface area contributed by atoms with Gasteiger partial charge in [0.2, 0.25) is 0 Å². The van der Waals surface area contributed by atoms with Crippen LogP contribution in [0.25, 0.3) is 0 Å². The van der Waals surface area contributed by atoms with Crippen molar-refractivity contribution in [2.24, 2.45) is 0 Å². The van der Waals surface area contributed by atoms with Crippen molar-refractivity contribution in [3.05, 3.63) is 48.5 Å². The monoisotopic (exact) mass is 269 g/mol. The number of ether oxygens (including phenoxy) is 1. The number of anilines is 1. The molecular formula is C17H19NO2. The molecule has 1 aliphatic carbocycles. The Morgan fingerprint density at radius 3 is 2.00 bits per heavy atom. The molecule has 0 saturated heterocycles. The SMILES string of the molecule is Oc1ccc(Oc2ccc(NC3CCCC3)cc2)cc1. The van der Waals surface area contributed by atoms with Gasteiger partial charge in [0.25, 0.3) is 0 Å². The van der Waals surface area contributed by atoms with E-state index in [1.54, 1.807) is 24.3 Å². The van der Waals surface area contributed by atoms with Crippen molar-refractivity contribution in [2.45, 2.75) is 31.7 Å². The van der Waals surface area contributed by atoms with E-state index in [0.29, 0.717) is 6.04 Å². The lowest BCUT2D eigenvalue weighted by Gasteiger charge is -2.14. The molecule has 1 saturated carbocycles. The number of rotatable bonds is 4. The summed E-state index contributed by atoms with van der Waals surface area (Å²) in [5.41, 5.74) is 1.15. The van der Waals surface area contributed by atoms with E-state index in [1.807, 2.05) is 24.3 Å². The minimum atomic E-state index is 0.244. The molecule has 0 aliphatic heterocycles. The van der Waals surface area contributed by atoms with E-state index < -0.39 is 0 Å². The number of hydrogen-bond donors (Lipinski definition) is 2. The smallest absolute Gasteiger partial charge is 0.127 e. The van der Waals surface area contributed by atoms with Gasteiger partial charge in [0.15, 0.2) is 0 Å². The van der Waals surface area contributed by atoms with E-state index in [1.165, 1.54) is 25.7 Å². The van der Waals surface area contributed by atoms with Crippen molar-refractivity contribution in [3.8, 4) is 17.2 Å². The third kappa shape index (κ3) is 3.23. The van der Waals surface area contributed by atoms with Crippen LogP contribution in [-0.2, 0) is 0 Å². The van der Waals surface area contributed by atoms with Gasteiger partial charge in [-0.1, -0.05) is 12.8 Å². The molecule has 1 fully saturated rings. The van der Waals surface area contributed by atoms with Gasteiger partial charge >= 0.3 is 0 Å². The van der Waals surface area contributed by atoms with Gasteiger partial charge in [0.05, 0.1) is 0 Å². The summed E-state index contributed by atoms with van der Waals surface area (Å²) in [6.45, 7) is 0. The maximum absolute atomic E-state index is 9.23. The molecule has 2 N–H and O–H groups in total. The molecule has 3 rings (SSSR count). The van der Waals surface area contributed by atoms with Crippen LogP contribution in [0.5, 0.6) is 17.2 Å². The van der Waals surface area contributed by atoms with Crippen molar-refractivity contribution in [1.82, 2.24) is 0 Å². The Bertz CT molecular complexity index is 542. The van der Waals surface area contributed by atoms with Gasteiger partial charge < -0.3 is 15.2 Å². The summed E-state index contributed by atoms with van der Waals surface area (Å²) >= 11 is 0. The number of hydrogen-bond acceptors (Lipinski definition) is 3. The van der Waals surface area contributed by atoms with Gasteiger partial charge in [-0.15, -0.1) is 0 Å². The van der Waals surface area contributed by atoms with E-state index in [4.69, 9.17) is 4.74 Å². The van der Waals surface area contributed by atoms with Crippen LogP contribution in [0.4, 0.5) is 5.69 Å². The summed E-state index contributed by atoms with van der Waals surface area (Å²) in [6.07, 6.45) is 5.21. The zero-order valence-electron chi connectivity index (χ0n) is 11.4. The molecule has 20 heavy (non-hydrogen) atoms. The summed E-state index contributed by atoms with van der Waals surface area (Å²) in [5.74, 6) is 1.76. The fourth-order valence-corrected chi connectivity index (χ4v) is 2.58. The molecule has 0 amide bonds. The Morgan fingerprint density at radius 2 is 1.40 bits per heavy atom. The van der Waals surface area contributed by atoms with Crippen molar-refractivity contribution in [1.29, 1.82) is 0 Å². The van der Waals surface area contributed by atoms with Crippen LogP contribution in [0.15, 0.2) is 48.5 Å². The first kappa shape index (κ1) is 12.9. The van der Waals surface area contributed by atoms with Gasteiger partial charge in [0, 0.05) is 11.7 Å². The molecule has 2 aromatic carbocycles. The predicted octanol–water partition coefficient (Wildman–Crippen LogP) is 4.54. The van der Waals surface area contributed by atoms with Crippen LogP contribution in [0.2, 0.25) is 0 Å². The highest BCUT2D eigenvalue weighted by Crippen LogP contribution is 2.26. The van der Waals surface area contributed by atoms with Crippen LogP contribution in [0.1, 0.15) is 25.7 Å². The molecule has 2 aromatic rings. The highest BCUT2D eigenvalue weighted by atomic mass is 16.5. The van der Waals surface area contributed by atoms with Crippen molar-refractivity contribution >= 4 is 5.69 Å². The van der Waals surface area contributed by atoms with Crippen molar-refractivity contribution in [3.63, 3.8) is 0 Å². The van der Waals surface area contributed by atoms with Crippen molar-refractivity contribution < 1.29 is 9.84 Å². The Morgan fingerprint density at radius 1 is 0.850 bits per heavy atom. The highest BCUT2D eigenvalue weighted by Gasteiger charge is 2.14. The lowest BCUT2D eigenvalue weighted by atomic mass is 10.2. The van der Waals surface area contributed by atoms with E-state index in [-0.39, 0.29) is 5.75 Å². The molecule has 0 unspecified atom stereocenters.